The molecular weight excluding hydrogens is 480 g/mol. The molecule has 0 aromatic heterocycles. The number of carbonyl (C=O) groups excluding carboxylic acids is 2. The van der Waals surface area contributed by atoms with E-state index in [1.165, 1.54) is 0 Å². The molecule has 6 nitrogen and oxygen atoms in total. The van der Waals surface area contributed by atoms with Gasteiger partial charge in [-0.15, -0.1) is 0 Å². The Morgan fingerprint density at radius 1 is 0.973 bits per heavy atom. The van der Waals surface area contributed by atoms with Gasteiger partial charge in [-0.2, -0.15) is 0 Å². The van der Waals surface area contributed by atoms with Gasteiger partial charge >= 0.3 is 6.09 Å². The van der Waals surface area contributed by atoms with Gasteiger partial charge in [0.15, 0.2) is 8.32 Å². The number of hydrogen-bond acceptors (Lipinski definition) is 4. The van der Waals surface area contributed by atoms with Crippen molar-refractivity contribution < 1.29 is 18.8 Å². The molecule has 1 N–H and O–H groups in total. The fraction of sp³-hybridized carbons (Fsp3) is 0.533. The van der Waals surface area contributed by atoms with Crippen LogP contribution in [0.5, 0.6) is 0 Å². The summed E-state index contributed by atoms with van der Waals surface area (Å²) in [7, 11) is -2.18. The van der Waals surface area contributed by atoms with Gasteiger partial charge in [0.05, 0.1) is 24.1 Å². The Labute approximate surface area is 223 Å². The Kier molecular flexibility index (Phi) is 8.59. The van der Waals surface area contributed by atoms with Crippen molar-refractivity contribution in [2.24, 2.45) is 5.92 Å². The summed E-state index contributed by atoms with van der Waals surface area (Å²) in [6.45, 7) is 18.9. The summed E-state index contributed by atoms with van der Waals surface area (Å²) in [6, 6.07) is 19.3. The molecule has 2 aromatic rings. The molecule has 3 rings (SSSR count). The van der Waals surface area contributed by atoms with Gasteiger partial charge < -0.3 is 19.4 Å². The van der Waals surface area contributed by atoms with Crippen LogP contribution in [0.15, 0.2) is 60.7 Å². The average Bonchev–Trinajstić information content (AvgIpc) is 2.78. The number of alkyl carbamates (subject to hydrolysis) is 1. The van der Waals surface area contributed by atoms with Crippen LogP contribution in [0, 0.1) is 5.92 Å². The summed E-state index contributed by atoms with van der Waals surface area (Å²) in [5, 5.41) is 3.04. The predicted molar refractivity (Wildman–Crippen MR) is 151 cm³/mol. The summed E-state index contributed by atoms with van der Waals surface area (Å²) in [4.78, 5) is 28.7. The number of amides is 2. The Balaban J connectivity index is 1.97. The van der Waals surface area contributed by atoms with Gasteiger partial charge in [-0.05, 0) is 57.0 Å². The molecule has 0 bridgehead atoms. The molecule has 0 radical (unpaired) electrons. The van der Waals surface area contributed by atoms with Crippen molar-refractivity contribution in [2.75, 3.05) is 0 Å². The van der Waals surface area contributed by atoms with Gasteiger partial charge in [0.1, 0.15) is 5.60 Å². The summed E-state index contributed by atoms with van der Waals surface area (Å²) < 4.78 is 12.4. The normalized spacial score (nSPS) is 20.1. The van der Waals surface area contributed by atoms with E-state index >= 15 is 0 Å². The van der Waals surface area contributed by atoms with Crippen molar-refractivity contribution in [3.05, 3.63) is 71.8 Å². The molecular formula is C30H44N2O4Si. The number of β-lactam (4-membered cyclic amide) rings is 1. The van der Waals surface area contributed by atoms with E-state index in [2.05, 4.69) is 39.2 Å². The van der Waals surface area contributed by atoms with Crippen molar-refractivity contribution >= 4 is 20.3 Å². The molecule has 0 saturated carbocycles. The van der Waals surface area contributed by atoms with E-state index < -0.39 is 32.0 Å². The van der Waals surface area contributed by atoms with Crippen LogP contribution in [0.1, 0.15) is 65.6 Å². The first kappa shape index (κ1) is 28.9. The van der Waals surface area contributed by atoms with E-state index in [0.717, 1.165) is 11.1 Å². The molecule has 7 heteroatoms. The van der Waals surface area contributed by atoms with Gasteiger partial charge in [0, 0.05) is 6.54 Å². The Hall–Kier alpha value is -2.64. The first-order chi connectivity index (χ1) is 17.1. The third kappa shape index (κ3) is 7.02. The standard InChI is InChI=1S/C30H44N2O4Si/c1-21(36-37(8,9)30(5,6)7)25(31-28(34)35-29(2,3)4)24-26(23-18-14-11-15-19-23)32(27(24)33)20-22-16-12-10-13-17-22/h10-19,21,24-26H,20H2,1-9H3,(H,31,34)/t21?,24-,25-,26-/m1/s1. The molecule has 4 atom stereocenters. The van der Waals surface area contributed by atoms with Crippen molar-refractivity contribution in [3.8, 4) is 0 Å². The highest BCUT2D eigenvalue weighted by molar-refractivity contribution is 6.74. The van der Waals surface area contributed by atoms with Gasteiger partial charge in [-0.25, -0.2) is 4.79 Å². The summed E-state index contributed by atoms with van der Waals surface area (Å²) in [6.07, 6.45) is -0.920. The second-order valence-electron chi connectivity index (χ2n) is 12.6. The van der Waals surface area contributed by atoms with Crippen LogP contribution in [-0.2, 0) is 20.5 Å². The van der Waals surface area contributed by atoms with Gasteiger partial charge in [-0.1, -0.05) is 81.4 Å². The SMILES string of the molecule is CC(O[Si](C)(C)C(C)(C)C)[C@@H](NC(=O)OC(C)(C)C)[C@H]1C(=O)N(Cc2ccccc2)[C@@H]1c1ccccc1. The number of nitrogens with one attached hydrogen (secondary N) is 1. The quantitative estimate of drug-likeness (QED) is 0.309. The van der Waals surface area contributed by atoms with Crippen molar-refractivity contribution in [3.63, 3.8) is 0 Å². The topological polar surface area (TPSA) is 67.9 Å². The zero-order chi connectivity index (χ0) is 27.6. The molecule has 2 aromatic carbocycles. The highest BCUT2D eigenvalue weighted by Crippen LogP contribution is 2.45. The van der Waals surface area contributed by atoms with E-state index in [4.69, 9.17) is 9.16 Å². The van der Waals surface area contributed by atoms with Crippen LogP contribution in [0.4, 0.5) is 4.79 Å². The van der Waals surface area contributed by atoms with Gasteiger partial charge in [0.25, 0.3) is 0 Å². The molecule has 37 heavy (non-hydrogen) atoms. The lowest BCUT2D eigenvalue weighted by atomic mass is 9.75. The summed E-state index contributed by atoms with van der Waals surface area (Å²) in [5.41, 5.74) is 1.45. The number of ether oxygens (including phenoxy) is 1. The van der Waals surface area contributed by atoms with Crippen LogP contribution in [0.3, 0.4) is 0 Å². The van der Waals surface area contributed by atoms with Crippen LogP contribution < -0.4 is 5.32 Å². The van der Waals surface area contributed by atoms with Gasteiger partial charge in [-0.3, -0.25) is 4.79 Å². The molecule has 1 heterocycles. The fourth-order valence-electron chi connectivity index (χ4n) is 4.58. The molecule has 1 saturated heterocycles. The first-order valence-electron chi connectivity index (χ1n) is 13.2. The monoisotopic (exact) mass is 524 g/mol. The second kappa shape index (κ2) is 11.0. The summed E-state index contributed by atoms with van der Waals surface area (Å²) >= 11 is 0. The number of carbonyl (C=O) groups is 2. The van der Waals surface area contributed by atoms with Crippen LogP contribution in [0.25, 0.3) is 0 Å². The van der Waals surface area contributed by atoms with Crippen molar-refractivity contribution in [1.82, 2.24) is 10.2 Å². The zero-order valence-electron chi connectivity index (χ0n) is 23.9. The molecule has 1 aliphatic heterocycles. The maximum Gasteiger partial charge on any atom is 0.407 e. The molecule has 2 amide bonds. The number of hydrogen-bond donors (Lipinski definition) is 1. The van der Waals surface area contributed by atoms with Crippen LogP contribution in [-0.4, -0.2) is 43.0 Å². The zero-order valence-corrected chi connectivity index (χ0v) is 24.9. The lowest BCUT2D eigenvalue weighted by molar-refractivity contribution is -0.162. The maximum atomic E-state index is 13.8. The minimum absolute atomic E-state index is 0.00412. The minimum Gasteiger partial charge on any atom is -0.444 e. The van der Waals surface area contributed by atoms with E-state index in [1.807, 2.05) is 93.3 Å². The smallest absolute Gasteiger partial charge is 0.407 e. The summed E-state index contributed by atoms with van der Waals surface area (Å²) in [5.74, 6) is -0.470. The van der Waals surface area contributed by atoms with E-state index in [0.29, 0.717) is 6.54 Å². The molecule has 1 fully saturated rings. The molecule has 0 spiro atoms. The second-order valence-corrected chi connectivity index (χ2v) is 17.3. The third-order valence-corrected chi connectivity index (χ3v) is 12.0. The molecule has 1 aliphatic rings. The Bertz CT molecular complexity index is 1060. The van der Waals surface area contributed by atoms with Crippen LogP contribution in [0.2, 0.25) is 18.1 Å². The largest absolute Gasteiger partial charge is 0.444 e. The third-order valence-electron chi connectivity index (χ3n) is 7.44. The number of nitrogens with zero attached hydrogens (tertiary/aromatic N) is 1. The Morgan fingerprint density at radius 3 is 2.03 bits per heavy atom. The number of rotatable bonds is 8. The van der Waals surface area contributed by atoms with Crippen molar-refractivity contribution in [1.29, 1.82) is 0 Å². The first-order valence-corrected chi connectivity index (χ1v) is 16.1. The van der Waals surface area contributed by atoms with Crippen molar-refractivity contribution in [2.45, 2.75) is 96.9 Å². The number of likely N-dealkylation sites (tertiary alicyclic amines) is 1. The molecule has 1 unspecified atom stereocenters. The predicted octanol–water partition coefficient (Wildman–Crippen LogP) is 6.69. The maximum absolute atomic E-state index is 13.8. The molecule has 202 valence electrons. The van der Waals surface area contributed by atoms with Crippen LogP contribution >= 0.6 is 0 Å². The van der Waals surface area contributed by atoms with Gasteiger partial charge in [0.2, 0.25) is 5.91 Å². The highest BCUT2D eigenvalue weighted by atomic mass is 28.4. The molecule has 0 aliphatic carbocycles. The highest BCUT2D eigenvalue weighted by Gasteiger charge is 2.54. The average molecular weight is 525 g/mol. The van der Waals surface area contributed by atoms with E-state index in [-0.39, 0.29) is 23.1 Å². The number of benzene rings is 2. The van der Waals surface area contributed by atoms with E-state index in [1.54, 1.807) is 0 Å². The lowest BCUT2D eigenvalue weighted by Crippen LogP contribution is -2.65. The minimum atomic E-state index is -2.18. The lowest BCUT2D eigenvalue weighted by Gasteiger charge is -2.52. The fourth-order valence-corrected chi connectivity index (χ4v) is 6.01. The Morgan fingerprint density at radius 2 is 1.51 bits per heavy atom. The van der Waals surface area contributed by atoms with E-state index in [9.17, 15) is 9.59 Å².